The zero-order valence-corrected chi connectivity index (χ0v) is 15.3. The number of rotatable bonds is 5. The van der Waals surface area contributed by atoms with Gasteiger partial charge in [0.1, 0.15) is 18.0 Å². The first-order valence-electron chi connectivity index (χ1n) is 9.22. The minimum absolute atomic E-state index is 0. The van der Waals surface area contributed by atoms with Gasteiger partial charge in [-0.1, -0.05) is 17.3 Å². The summed E-state index contributed by atoms with van der Waals surface area (Å²) in [6, 6.07) is 5.80. The minimum Gasteiger partial charge on any atom is -0.490 e. The first-order chi connectivity index (χ1) is 12.6. The fourth-order valence-corrected chi connectivity index (χ4v) is 4.05. The van der Waals surface area contributed by atoms with Gasteiger partial charge in [0.25, 0.3) is 5.89 Å². The van der Waals surface area contributed by atoms with Crippen LogP contribution in [0.5, 0.6) is 5.75 Å². The van der Waals surface area contributed by atoms with Gasteiger partial charge in [-0.2, -0.15) is 4.98 Å². The first-order valence-corrected chi connectivity index (χ1v) is 9.22. The lowest BCUT2D eigenvalue weighted by Gasteiger charge is -2.50. The van der Waals surface area contributed by atoms with Crippen LogP contribution in [0, 0.1) is 12.8 Å². The Morgan fingerprint density at radius 3 is 2.74 bits per heavy atom. The van der Waals surface area contributed by atoms with Crippen molar-refractivity contribution in [1.82, 2.24) is 15.0 Å². The molecule has 0 radical (unpaired) electrons. The van der Waals surface area contributed by atoms with Crippen LogP contribution >= 0.6 is 0 Å². The van der Waals surface area contributed by atoms with Gasteiger partial charge in [-0.05, 0) is 63.9 Å². The molecule has 0 spiro atoms. The lowest BCUT2D eigenvalue weighted by atomic mass is 9.76. The number of ether oxygens (including phenoxy) is 1. The molecule has 0 aliphatic carbocycles. The van der Waals surface area contributed by atoms with Crippen LogP contribution in [0.25, 0.3) is 17.5 Å². The predicted octanol–water partition coefficient (Wildman–Crippen LogP) is 1.73. The van der Waals surface area contributed by atoms with Crippen LogP contribution in [0.4, 0.5) is 0 Å². The molecule has 1 aromatic carbocycles. The zero-order chi connectivity index (χ0) is 18.1. The number of hydrogen-bond donors (Lipinski definition) is 1. The SMILES string of the molecule is B.C/C=C\c1cc(-c2nc(C)no2)ccc1OCC1(O)CN2CCC1CC2. The summed E-state index contributed by atoms with van der Waals surface area (Å²) >= 11 is 0. The van der Waals surface area contributed by atoms with E-state index in [1.807, 2.05) is 37.3 Å². The van der Waals surface area contributed by atoms with E-state index in [4.69, 9.17) is 9.26 Å². The van der Waals surface area contributed by atoms with Crippen molar-refractivity contribution >= 4 is 14.5 Å². The molecule has 144 valence electrons. The molecule has 0 amide bonds. The summed E-state index contributed by atoms with van der Waals surface area (Å²) in [5.41, 5.74) is 1.03. The Kier molecular flexibility index (Phi) is 5.72. The van der Waals surface area contributed by atoms with Gasteiger partial charge in [0.05, 0.1) is 8.41 Å². The molecule has 5 rings (SSSR count). The molecule has 27 heavy (non-hydrogen) atoms. The van der Waals surface area contributed by atoms with E-state index < -0.39 is 5.60 Å². The second-order valence-electron chi connectivity index (χ2n) is 7.34. The van der Waals surface area contributed by atoms with Crippen molar-refractivity contribution in [2.24, 2.45) is 5.92 Å². The van der Waals surface area contributed by atoms with Crippen LogP contribution < -0.4 is 4.74 Å². The Labute approximate surface area is 161 Å². The molecule has 6 nitrogen and oxygen atoms in total. The highest BCUT2D eigenvalue weighted by Gasteiger charge is 2.46. The zero-order valence-electron chi connectivity index (χ0n) is 15.3. The second-order valence-corrected chi connectivity index (χ2v) is 7.34. The number of fused-ring (bicyclic) bond motifs is 3. The van der Waals surface area contributed by atoms with Crippen LogP contribution in [0.2, 0.25) is 0 Å². The van der Waals surface area contributed by atoms with E-state index in [9.17, 15) is 5.11 Å². The number of aliphatic hydroxyl groups is 1. The molecule has 3 aliphatic rings. The normalized spacial score (nSPS) is 26.9. The average Bonchev–Trinajstić information content (AvgIpc) is 3.08. The van der Waals surface area contributed by atoms with E-state index in [2.05, 4.69) is 15.0 Å². The number of benzene rings is 1. The van der Waals surface area contributed by atoms with E-state index in [-0.39, 0.29) is 8.41 Å². The van der Waals surface area contributed by atoms with E-state index in [1.165, 1.54) is 0 Å². The van der Waals surface area contributed by atoms with E-state index in [1.54, 1.807) is 6.92 Å². The number of allylic oxidation sites excluding steroid dienone is 1. The molecule has 2 aromatic rings. The van der Waals surface area contributed by atoms with Crippen LogP contribution in [-0.4, -0.2) is 60.4 Å². The van der Waals surface area contributed by atoms with Gasteiger partial charge in [0, 0.05) is 17.7 Å². The lowest BCUT2D eigenvalue weighted by Crippen LogP contribution is -2.61. The summed E-state index contributed by atoms with van der Waals surface area (Å²) in [6.45, 7) is 6.97. The monoisotopic (exact) mass is 369 g/mol. The molecule has 1 unspecified atom stereocenters. The van der Waals surface area contributed by atoms with Crippen molar-refractivity contribution in [2.45, 2.75) is 32.3 Å². The summed E-state index contributed by atoms with van der Waals surface area (Å²) in [5, 5.41) is 14.9. The molecule has 0 saturated carbocycles. The summed E-state index contributed by atoms with van der Waals surface area (Å²) < 4.78 is 11.3. The van der Waals surface area contributed by atoms with E-state index in [0.717, 1.165) is 42.8 Å². The summed E-state index contributed by atoms with van der Waals surface area (Å²) in [7, 11) is 0. The molecule has 7 heteroatoms. The minimum atomic E-state index is -0.758. The standard InChI is InChI=1S/C20H25N3O3.BH3/c1-3-4-15-11-16(19-21-14(2)22-26-19)5-6-18(15)25-13-20(24)12-23-9-7-17(20)8-10-23;/h3-6,11,17,24H,7-10,12-13H2,1-2H3;1H3/b4-3-;. The fraction of sp³-hybridized carbons (Fsp3) is 0.500. The number of nitrogens with zero attached hydrogens (tertiary/aromatic N) is 3. The van der Waals surface area contributed by atoms with Gasteiger partial charge in [-0.15, -0.1) is 0 Å². The largest absolute Gasteiger partial charge is 0.490 e. The van der Waals surface area contributed by atoms with Crippen molar-refractivity contribution in [1.29, 1.82) is 0 Å². The van der Waals surface area contributed by atoms with Gasteiger partial charge >= 0.3 is 0 Å². The molecule has 4 heterocycles. The molecule has 3 aliphatic heterocycles. The van der Waals surface area contributed by atoms with Gasteiger partial charge in [-0.25, -0.2) is 0 Å². The number of piperidine rings is 3. The quantitative estimate of drug-likeness (QED) is 0.810. The van der Waals surface area contributed by atoms with Crippen molar-refractivity contribution in [3.63, 3.8) is 0 Å². The molecular weight excluding hydrogens is 341 g/mol. The van der Waals surface area contributed by atoms with Gasteiger partial charge in [0.2, 0.25) is 0 Å². The second kappa shape index (κ2) is 7.86. The molecule has 3 fully saturated rings. The van der Waals surface area contributed by atoms with E-state index in [0.29, 0.717) is 30.8 Å². The third kappa shape index (κ3) is 3.94. The predicted molar refractivity (Wildman–Crippen MR) is 109 cm³/mol. The topological polar surface area (TPSA) is 71.6 Å². The molecule has 1 N–H and O–H groups in total. The Morgan fingerprint density at radius 1 is 1.37 bits per heavy atom. The Bertz CT molecular complexity index is 815. The maximum Gasteiger partial charge on any atom is 0.257 e. The van der Waals surface area contributed by atoms with Crippen LogP contribution in [0.3, 0.4) is 0 Å². The number of hydrogen-bond acceptors (Lipinski definition) is 6. The third-order valence-electron chi connectivity index (χ3n) is 5.45. The Morgan fingerprint density at radius 2 is 2.15 bits per heavy atom. The van der Waals surface area contributed by atoms with Crippen molar-refractivity contribution in [3.8, 4) is 17.2 Å². The molecule has 1 aromatic heterocycles. The average molecular weight is 369 g/mol. The summed E-state index contributed by atoms with van der Waals surface area (Å²) in [6.07, 6.45) is 6.06. The van der Waals surface area contributed by atoms with Crippen molar-refractivity contribution < 1.29 is 14.4 Å². The number of aryl methyl sites for hydroxylation is 1. The van der Waals surface area contributed by atoms with Crippen LogP contribution in [0.1, 0.15) is 31.2 Å². The highest BCUT2D eigenvalue weighted by atomic mass is 16.5. The highest BCUT2D eigenvalue weighted by Crippen LogP contribution is 2.36. The van der Waals surface area contributed by atoms with Crippen molar-refractivity contribution in [3.05, 3.63) is 35.7 Å². The van der Waals surface area contributed by atoms with Crippen LogP contribution in [0.15, 0.2) is 28.8 Å². The van der Waals surface area contributed by atoms with Gasteiger partial charge in [-0.3, -0.25) is 0 Å². The maximum absolute atomic E-state index is 11.1. The lowest BCUT2D eigenvalue weighted by molar-refractivity contribution is -0.131. The highest BCUT2D eigenvalue weighted by molar-refractivity contribution is 5.75. The van der Waals surface area contributed by atoms with Crippen molar-refractivity contribution in [2.75, 3.05) is 26.2 Å². The first kappa shape index (κ1) is 19.6. The summed E-state index contributed by atoms with van der Waals surface area (Å²) in [4.78, 5) is 6.61. The molecule has 3 saturated heterocycles. The molecule has 1 atom stereocenters. The fourth-order valence-electron chi connectivity index (χ4n) is 4.05. The smallest absolute Gasteiger partial charge is 0.257 e. The molecular formula is C20H28BN3O3. The summed E-state index contributed by atoms with van der Waals surface area (Å²) in [5.74, 6) is 2.19. The van der Waals surface area contributed by atoms with Crippen LogP contribution in [-0.2, 0) is 0 Å². The van der Waals surface area contributed by atoms with Gasteiger partial charge < -0.3 is 19.3 Å². The maximum atomic E-state index is 11.1. The van der Waals surface area contributed by atoms with Gasteiger partial charge in [0.15, 0.2) is 5.82 Å². The Balaban J connectivity index is 0.00000210. The number of aromatic nitrogens is 2. The van der Waals surface area contributed by atoms with E-state index >= 15 is 0 Å². The Hall–Kier alpha value is -2.12. The molecule has 2 bridgehead atoms. The third-order valence-corrected chi connectivity index (χ3v) is 5.45.